The summed E-state index contributed by atoms with van der Waals surface area (Å²) in [7, 11) is 0. The van der Waals surface area contributed by atoms with E-state index in [1.54, 1.807) is 0 Å². The van der Waals surface area contributed by atoms with Crippen molar-refractivity contribution in [1.82, 2.24) is 0 Å². The highest BCUT2D eigenvalue weighted by Crippen LogP contribution is 2.30. The van der Waals surface area contributed by atoms with E-state index in [-0.39, 0.29) is 0 Å². The zero-order valence-corrected chi connectivity index (χ0v) is 8.14. The van der Waals surface area contributed by atoms with Gasteiger partial charge in [-0.3, -0.25) is 0 Å². The molecule has 0 N–H and O–H groups in total. The molecule has 0 saturated carbocycles. The predicted octanol–water partition coefficient (Wildman–Crippen LogP) is 3.65. The molecule has 1 aliphatic rings. The summed E-state index contributed by atoms with van der Waals surface area (Å²) in [5, 5.41) is 0.753. The smallest absolute Gasteiger partial charge is 0.149 e. The summed E-state index contributed by atoms with van der Waals surface area (Å²) in [4.78, 5) is 0. The molecule has 0 bridgehead atoms. The minimum atomic E-state index is 0.753. The Morgan fingerprint density at radius 3 is 2.46 bits per heavy atom. The van der Waals surface area contributed by atoms with Crippen LogP contribution in [0.15, 0.2) is 30.3 Å². The average molecular weight is 194 g/mol. The molecule has 0 saturated heterocycles. The molecule has 1 aromatic rings. The SMILES string of the molecule is C[C]1CC=C(c2ccc(Cl)cc2)O1. The zero-order valence-electron chi connectivity index (χ0n) is 7.38. The van der Waals surface area contributed by atoms with Crippen LogP contribution in [0.25, 0.3) is 5.76 Å². The van der Waals surface area contributed by atoms with E-state index >= 15 is 0 Å². The molecular weight excluding hydrogens is 184 g/mol. The first-order chi connectivity index (χ1) is 6.25. The van der Waals surface area contributed by atoms with Crippen LogP contribution in [0, 0.1) is 6.10 Å². The van der Waals surface area contributed by atoms with E-state index in [9.17, 15) is 0 Å². The topological polar surface area (TPSA) is 9.23 Å². The van der Waals surface area contributed by atoms with Crippen molar-refractivity contribution in [2.24, 2.45) is 0 Å². The lowest BCUT2D eigenvalue weighted by Gasteiger charge is -2.06. The second kappa shape index (κ2) is 3.43. The van der Waals surface area contributed by atoms with Gasteiger partial charge in [0.15, 0.2) is 0 Å². The summed E-state index contributed by atoms with van der Waals surface area (Å²) < 4.78 is 5.52. The zero-order chi connectivity index (χ0) is 9.26. The van der Waals surface area contributed by atoms with E-state index in [2.05, 4.69) is 6.08 Å². The number of ether oxygens (including phenoxy) is 1. The highest BCUT2D eigenvalue weighted by Gasteiger charge is 2.15. The maximum atomic E-state index is 5.78. The van der Waals surface area contributed by atoms with E-state index in [0.717, 1.165) is 28.9 Å². The minimum Gasteiger partial charge on any atom is -0.483 e. The number of hydrogen-bond donors (Lipinski definition) is 0. The molecule has 2 heteroatoms. The molecule has 0 unspecified atom stereocenters. The van der Waals surface area contributed by atoms with E-state index < -0.39 is 0 Å². The molecule has 13 heavy (non-hydrogen) atoms. The molecule has 1 aliphatic heterocycles. The highest BCUT2D eigenvalue weighted by molar-refractivity contribution is 6.30. The number of halogens is 1. The normalized spacial score (nSPS) is 16.9. The molecule has 0 fully saturated rings. The third-order valence-corrected chi connectivity index (χ3v) is 2.24. The number of benzene rings is 1. The van der Waals surface area contributed by atoms with Crippen molar-refractivity contribution < 1.29 is 4.74 Å². The van der Waals surface area contributed by atoms with Gasteiger partial charge in [0.25, 0.3) is 0 Å². The summed E-state index contributed by atoms with van der Waals surface area (Å²) in [5.41, 5.74) is 1.08. The van der Waals surface area contributed by atoms with Crippen LogP contribution in [0.2, 0.25) is 5.02 Å². The van der Waals surface area contributed by atoms with E-state index in [1.165, 1.54) is 0 Å². The quantitative estimate of drug-likeness (QED) is 0.662. The summed E-state index contributed by atoms with van der Waals surface area (Å²) in [6.07, 6.45) is 4.04. The Kier molecular flexibility index (Phi) is 2.28. The molecule has 1 heterocycles. The van der Waals surface area contributed by atoms with Gasteiger partial charge >= 0.3 is 0 Å². The van der Waals surface area contributed by atoms with Crippen LogP contribution in [0.3, 0.4) is 0 Å². The lowest BCUT2D eigenvalue weighted by atomic mass is 10.2. The molecule has 0 atom stereocenters. The monoisotopic (exact) mass is 193 g/mol. The van der Waals surface area contributed by atoms with Gasteiger partial charge in [-0.05, 0) is 37.3 Å². The van der Waals surface area contributed by atoms with E-state index in [1.807, 2.05) is 31.2 Å². The van der Waals surface area contributed by atoms with Gasteiger partial charge in [-0.2, -0.15) is 0 Å². The largest absolute Gasteiger partial charge is 0.483 e. The Labute approximate surface area is 83.0 Å². The minimum absolute atomic E-state index is 0.753. The fourth-order valence-electron chi connectivity index (χ4n) is 1.30. The number of hydrogen-bond acceptors (Lipinski definition) is 1. The maximum Gasteiger partial charge on any atom is 0.149 e. The van der Waals surface area contributed by atoms with Crippen molar-refractivity contribution in [3.8, 4) is 0 Å². The average Bonchev–Trinajstić information content (AvgIpc) is 2.53. The van der Waals surface area contributed by atoms with Gasteiger partial charge < -0.3 is 4.74 Å². The van der Waals surface area contributed by atoms with Crippen molar-refractivity contribution in [2.75, 3.05) is 0 Å². The van der Waals surface area contributed by atoms with Crippen LogP contribution in [-0.4, -0.2) is 0 Å². The third-order valence-electron chi connectivity index (χ3n) is 1.99. The molecule has 1 radical (unpaired) electrons. The summed E-state index contributed by atoms with van der Waals surface area (Å²) in [5.74, 6) is 0.939. The van der Waals surface area contributed by atoms with Crippen LogP contribution in [-0.2, 0) is 4.74 Å². The van der Waals surface area contributed by atoms with Gasteiger partial charge in [0.2, 0.25) is 0 Å². The molecule has 1 nitrogen and oxygen atoms in total. The van der Waals surface area contributed by atoms with Crippen LogP contribution in [0.5, 0.6) is 0 Å². The van der Waals surface area contributed by atoms with Crippen molar-refractivity contribution in [3.63, 3.8) is 0 Å². The second-order valence-electron chi connectivity index (χ2n) is 3.08. The summed E-state index contributed by atoms with van der Waals surface area (Å²) in [6.45, 7) is 1.99. The Balaban J connectivity index is 2.22. The molecule has 2 rings (SSSR count). The van der Waals surface area contributed by atoms with Crippen molar-refractivity contribution >= 4 is 17.4 Å². The molecular formula is C11H10ClO. The van der Waals surface area contributed by atoms with Gasteiger partial charge in [-0.25, -0.2) is 0 Å². The molecule has 1 aromatic carbocycles. The lowest BCUT2D eigenvalue weighted by Crippen LogP contribution is -1.88. The van der Waals surface area contributed by atoms with Crippen molar-refractivity contribution in [2.45, 2.75) is 13.3 Å². The second-order valence-corrected chi connectivity index (χ2v) is 3.52. The van der Waals surface area contributed by atoms with Crippen LogP contribution in [0.1, 0.15) is 18.9 Å². The molecule has 0 amide bonds. The predicted molar refractivity (Wildman–Crippen MR) is 54.0 cm³/mol. The van der Waals surface area contributed by atoms with Gasteiger partial charge in [-0.15, -0.1) is 0 Å². The van der Waals surface area contributed by atoms with Crippen LogP contribution < -0.4 is 0 Å². The first-order valence-electron chi connectivity index (χ1n) is 4.22. The molecule has 67 valence electrons. The number of rotatable bonds is 1. The van der Waals surface area contributed by atoms with Gasteiger partial charge in [0, 0.05) is 17.0 Å². The molecule has 0 spiro atoms. The van der Waals surface area contributed by atoms with Crippen LogP contribution >= 0.6 is 11.6 Å². The summed E-state index contributed by atoms with van der Waals surface area (Å²) in [6, 6.07) is 7.67. The first kappa shape index (κ1) is 8.64. The fraction of sp³-hybridized carbons (Fsp3) is 0.182. The Morgan fingerprint density at radius 2 is 1.92 bits per heavy atom. The highest BCUT2D eigenvalue weighted by atomic mass is 35.5. The third kappa shape index (κ3) is 1.86. The van der Waals surface area contributed by atoms with E-state index in [4.69, 9.17) is 16.3 Å². The van der Waals surface area contributed by atoms with Gasteiger partial charge in [0.05, 0.1) is 0 Å². The Bertz CT molecular complexity index is 326. The van der Waals surface area contributed by atoms with Crippen molar-refractivity contribution in [1.29, 1.82) is 0 Å². The van der Waals surface area contributed by atoms with E-state index in [0.29, 0.717) is 0 Å². The van der Waals surface area contributed by atoms with Gasteiger partial charge in [-0.1, -0.05) is 11.6 Å². The fourth-order valence-corrected chi connectivity index (χ4v) is 1.42. The Hall–Kier alpha value is -0.950. The van der Waals surface area contributed by atoms with Crippen LogP contribution in [0.4, 0.5) is 0 Å². The summed E-state index contributed by atoms with van der Waals surface area (Å²) >= 11 is 5.78. The molecule has 0 aliphatic carbocycles. The lowest BCUT2D eigenvalue weighted by molar-refractivity contribution is 0.314. The van der Waals surface area contributed by atoms with Gasteiger partial charge in [0.1, 0.15) is 11.9 Å². The van der Waals surface area contributed by atoms with Crippen molar-refractivity contribution in [3.05, 3.63) is 47.0 Å². The Morgan fingerprint density at radius 1 is 1.23 bits per heavy atom. The standard InChI is InChI=1S/C11H10ClO/c1-8-2-7-11(13-8)9-3-5-10(12)6-4-9/h3-7H,2H2,1H3. The first-order valence-corrected chi connectivity index (χ1v) is 4.60. The molecule has 0 aromatic heterocycles. The maximum absolute atomic E-state index is 5.78.